The molecule has 19 heavy (non-hydrogen) atoms. The zero-order valence-electron chi connectivity index (χ0n) is 10.3. The van der Waals surface area contributed by atoms with Gasteiger partial charge in [-0.25, -0.2) is 9.78 Å². The summed E-state index contributed by atoms with van der Waals surface area (Å²) in [5.74, 6) is 0. The van der Waals surface area contributed by atoms with Crippen molar-refractivity contribution < 1.29 is 0 Å². The molecule has 0 unspecified atom stereocenters. The molecule has 0 spiro atoms. The molecule has 2 aliphatic heterocycles. The fourth-order valence-corrected chi connectivity index (χ4v) is 2.88. The van der Waals surface area contributed by atoms with Gasteiger partial charge < -0.3 is 0 Å². The van der Waals surface area contributed by atoms with Crippen LogP contribution in [0.1, 0.15) is 13.3 Å². The predicted octanol–water partition coefficient (Wildman–Crippen LogP) is 1.73. The molecule has 0 amide bonds. The predicted molar refractivity (Wildman–Crippen MR) is 74.9 cm³/mol. The second-order valence-corrected chi connectivity index (χ2v) is 5.22. The minimum Gasteiger partial charge on any atom is -0.267 e. The van der Waals surface area contributed by atoms with Gasteiger partial charge in [-0.1, -0.05) is 19.1 Å². The molecule has 96 valence electrons. The van der Waals surface area contributed by atoms with Crippen LogP contribution in [0.2, 0.25) is 0 Å². The molecule has 3 rings (SSSR count). The van der Waals surface area contributed by atoms with Crippen LogP contribution in [0.4, 0.5) is 0 Å². The van der Waals surface area contributed by atoms with E-state index >= 15 is 0 Å². The van der Waals surface area contributed by atoms with E-state index in [1.54, 1.807) is 0 Å². The summed E-state index contributed by atoms with van der Waals surface area (Å²) in [6, 6.07) is 7.51. The first-order valence-electron chi connectivity index (χ1n) is 6.01. The highest BCUT2D eigenvalue weighted by molar-refractivity contribution is 7.21. The first kappa shape index (κ1) is 12.0. The van der Waals surface area contributed by atoms with E-state index in [4.69, 9.17) is 0 Å². The lowest BCUT2D eigenvalue weighted by molar-refractivity contribution is 0.616. The summed E-state index contributed by atoms with van der Waals surface area (Å²) in [5, 5.41) is 0.404. The van der Waals surface area contributed by atoms with Crippen LogP contribution in [0, 0.1) is 0 Å². The Kier molecular flexibility index (Phi) is 2.87. The standard InChI is InChI=1S/C13H11N3O2S/c1-2-7-16-12(17)10-11(15-13(16)18)19-9-6-4-3-5-8(9)14-10/h3-6H,2,7H2,1H3. The number of nitrogens with zero attached hydrogens (tertiary/aromatic N) is 3. The molecule has 0 atom stereocenters. The molecule has 0 fully saturated rings. The third kappa shape index (κ3) is 1.94. The summed E-state index contributed by atoms with van der Waals surface area (Å²) < 4.78 is 2.06. The lowest BCUT2D eigenvalue weighted by atomic mass is 10.3. The molecule has 2 heterocycles. The summed E-state index contributed by atoms with van der Waals surface area (Å²) in [6.45, 7) is 2.28. The van der Waals surface area contributed by atoms with Crippen LogP contribution < -0.4 is 11.2 Å². The molecular formula is C13H11N3O2S. The van der Waals surface area contributed by atoms with Crippen LogP contribution in [0.3, 0.4) is 0 Å². The van der Waals surface area contributed by atoms with E-state index in [9.17, 15) is 9.59 Å². The molecule has 2 aliphatic rings. The van der Waals surface area contributed by atoms with E-state index in [1.165, 1.54) is 11.3 Å². The number of rotatable bonds is 2. The zero-order chi connectivity index (χ0) is 13.4. The lowest BCUT2D eigenvalue weighted by Gasteiger charge is -2.07. The summed E-state index contributed by atoms with van der Waals surface area (Å²) in [7, 11) is 0. The van der Waals surface area contributed by atoms with Crippen LogP contribution in [-0.2, 0) is 6.54 Å². The average Bonchev–Trinajstić information content (AvgIpc) is 2.42. The molecule has 0 bridgehead atoms. The third-order valence-electron chi connectivity index (χ3n) is 2.83. The molecule has 0 aromatic heterocycles. The van der Waals surface area contributed by atoms with Crippen molar-refractivity contribution in [2.24, 2.45) is 0 Å². The van der Waals surface area contributed by atoms with Crippen molar-refractivity contribution >= 4 is 21.6 Å². The Morgan fingerprint density at radius 1 is 1.21 bits per heavy atom. The minimum absolute atomic E-state index is 0.275. The number of para-hydroxylation sites is 1. The maximum atomic E-state index is 12.3. The van der Waals surface area contributed by atoms with Gasteiger partial charge in [0.25, 0.3) is 5.56 Å². The normalized spacial score (nSPS) is 11.2. The van der Waals surface area contributed by atoms with Crippen molar-refractivity contribution in [2.45, 2.75) is 19.9 Å². The van der Waals surface area contributed by atoms with E-state index in [0.29, 0.717) is 18.0 Å². The fourth-order valence-electron chi connectivity index (χ4n) is 1.95. The maximum Gasteiger partial charge on any atom is 0.351 e. The molecule has 1 aromatic rings. The first-order chi connectivity index (χ1) is 9.20. The SMILES string of the molecule is CCCn1c(=O)nc2sc3ccccc3nc-2c1=O. The lowest BCUT2D eigenvalue weighted by Crippen LogP contribution is -2.37. The van der Waals surface area contributed by atoms with Gasteiger partial charge in [0.1, 0.15) is 0 Å². The Morgan fingerprint density at radius 2 is 2.00 bits per heavy atom. The molecule has 0 saturated heterocycles. The van der Waals surface area contributed by atoms with Crippen molar-refractivity contribution in [2.75, 3.05) is 0 Å². The van der Waals surface area contributed by atoms with Crippen molar-refractivity contribution in [3.63, 3.8) is 0 Å². The van der Waals surface area contributed by atoms with Crippen molar-refractivity contribution in [1.29, 1.82) is 0 Å². The average molecular weight is 273 g/mol. The van der Waals surface area contributed by atoms with Gasteiger partial charge >= 0.3 is 5.69 Å². The van der Waals surface area contributed by atoms with Gasteiger partial charge in [-0.05, 0) is 18.6 Å². The van der Waals surface area contributed by atoms with Gasteiger partial charge in [-0.3, -0.25) is 9.36 Å². The highest BCUT2D eigenvalue weighted by Crippen LogP contribution is 2.25. The van der Waals surface area contributed by atoms with Crippen molar-refractivity contribution in [1.82, 2.24) is 14.5 Å². The van der Waals surface area contributed by atoms with Crippen LogP contribution in [0.25, 0.3) is 20.9 Å². The second kappa shape index (κ2) is 4.55. The molecule has 0 N–H and O–H groups in total. The molecule has 0 aliphatic carbocycles. The molecule has 0 saturated carbocycles. The van der Waals surface area contributed by atoms with E-state index < -0.39 is 5.69 Å². The summed E-state index contributed by atoms with van der Waals surface area (Å²) in [5.41, 5.74) is 0.184. The number of hydrogen-bond acceptors (Lipinski definition) is 5. The number of fused-ring (bicyclic) bond motifs is 2. The van der Waals surface area contributed by atoms with Crippen molar-refractivity contribution in [3.05, 3.63) is 45.1 Å². The second-order valence-electron chi connectivity index (χ2n) is 4.19. The van der Waals surface area contributed by atoms with Crippen LogP contribution in [0.5, 0.6) is 0 Å². The summed E-state index contributed by atoms with van der Waals surface area (Å²) in [6.07, 6.45) is 0.708. The number of benzene rings is 1. The molecule has 6 heteroatoms. The summed E-state index contributed by atoms with van der Waals surface area (Å²) in [4.78, 5) is 32.4. The molecule has 1 aromatic carbocycles. The van der Waals surface area contributed by atoms with Gasteiger partial charge in [0, 0.05) is 6.54 Å². The van der Waals surface area contributed by atoms with Gasteiger partial charge in [-0.15, -0.1) is 11.3 Å². The Bertz CT molecular complexity index is 837. The van der Waals surface area contributed by atoms with Gasteiger partial charge in [-0.2, -0.15) is 4.98 Å². The van der Waals surface area contributed by atoms with Crippen LogP contribution in [-0.4, -0.2) is 14.5 Å². The Balaban J connectivity index is 2.43. The topological polar surface area (TPSA) is 64.8 Å². The van der Waals surface area contributed by atoms with Gasteiger partial charge in [0.05, 0.1) is 10.2 Å². The van der Waals surface area contributed by atoms with Crippen LogP contribution in [0.15, 0.2) is 33.9 Å². The Morgan fingerprint density at radius 3 is 2.79 bits per heavy atom. The quantitative estimate of drug-likeness (QED) is 0.667. The minimum atomic E-state index is -0.493. The van der Waals surface area contributed by atoms with E-state index in [1.807, 2.05) is 31.2 Å². The first-order valence-corrected chi connectivity index (χ1v) is 6.83. The zero-order valence-corrected chi connectivity index (χ0v) is 11.1. The number of hydrogen-bond donors (Lipinski definition) is 0. The fraction of sp³-hybridized carbons (Fsp3) is 0.231. The van der Waals surface area contributed by atoms with Gasteiger partial charge in [0.2, 0.25) is 0 Å². The molecule has 5 nitrogen and oxygen atoms in total. The van der Waals surface area contributed by atoms with E-state index in [-0.39, 0.29) is 11.3 Å². The number of aromatic nitrogens is 3. The largest absolute Gasteiger partial charge is 0.351 e. The highest BCUT2D eigenvalue weighted by atomic mass is 32.1. The smallest absolute Gasteiger partial charge is 0.267 e. The molecule has 0 radical (unpaired) electrons. The highest BCUT2D eigenvalue weighted by Gasteiger charge is 2.17. The monoisotopic (exact) mass is 273 g/mol. The van der Waals surface area contributed by atoms with Gasteiger partial charge in [0.15, 0.2) is 10.7 Å². The third-order valence-corrected chi connectivity index (χ3v) is 3.87. The maximum absolute atomic E-state index is 12.3. The Labute approximate surface area is 112 Å². The van der Waals surface area contributed by atoms with E-state index in [0.717, 1.165) is 14.8 Å². The van der Waals surface area contributed by atoms with Crippen LogP contribution >= 0.6 is 11.3 Å². The summed E-state index contributed by atoms with van der Waals surface area (Å²) >= 11 is 1.32. The Hall–Kier alpha value is -2.08. The molecular weight excluding hydrogens is 262 g/mol. The van der Waals surface area contributed by atoms with E-state index in [2.05, 4.69) is 9.97 Å². The van der Waals surface area contributed by atoms with Crippen molar-refractivity contribution in [3.8, 4) is 10.7 Å².